The third-order valence-electron chi connectivity index (χ3n) is 3.35. The van der Waals surface area contributed by atoms with Crippen LogP contribution in [0.2, 0.25) is 0 Å². The maximum absolute atomic E-state index is 9.06. The first kappa shape index (κ1) is 15.2. The predicted molar refractivity (Wildman–Crippen MR) is 77.7 cm³/mol. The average molecular weight is 280 g/mol. The van der Waals surface area contributed by atoms with Crippen LogP contribution in [0.4, 0.5) is 5.95 Å². The van der Waals surface area contributed by atoms with Crippen molar-refractivity contribution in [1.29, 1.82) is 0 Å². The summed E-state index contributed by atoms with van der Waals surface area (Å²) in [5.74, 6) is 0.779. The third kappa shape index (κ3) is 4.40. The quantitative estimate of drug-likeness (QED) is 0.785. The lowest BCUT2D eigenvalue weighted by Gasteiger charge is -2.27. The van der Waals surface area contributed by atoms with Gasteiger partial charge < -0.3 is 14.7 Å². The molecule has 1 saturated heterocycles. The van der Waals surface area contributed by atoms with E-state index < -0.39 is 0 Å². The molecule has 2 heterocycles. The highest BCUT2D eigenvalue weighted by atomic mass is 16.5. The molecule has 1 aromatic heterocycles. The molecule has 0 spiro atoms. The number of aromatic nitrogens is 2. The van der Waals surface area contributed by atoms with Crippen LogP contribution >= 0.6 is 0 Å². The van der Waals surface area contributed by atoms with Crippen molar-refractivity contribution >= 4 is 5.95 Å². The number of aliphatic hydroxyl groups is 1. The van der Waals surface area contributed by atoms with Gasteiger partial charge in [-0.3, -0.25) is 4.90 Å². The molecule has 0 radical (unpaired) electrons. The van der Waals surface area contributed by atoms with Crippen LogP contribution in [0.25, 0.3) is 0 Å². The average Bonchev–Trinajstić information content (AvgIpc) is 2.49. The largest absolute Gasteiger partial charge is 0.395 e. The lowest BCUT2D eigenvalue weighted by Crippen LogP contribution is -2.37. The minimum atomic E-state index is 0.187. The zero-order valence-corrected chi connectivity index (χ0v) is 12.2. The zero-order chi connectivity index (χ0) is 14.2. The fourth-order valence-corrected chi connectivity index (χ4v) is 2.34. The molecule has 2 rings (SSSR count). The molecule has 0 aliphatic carbocycles. The van der Waals surface area contributed by atoms with E-state index in [1.165, 1.54) is 0 Å². The Morgan fingerprint density at radius 2 is 1.95 bits per heavy atom. The van der Waals surface area contributed by atoms with Gasteiger partial charge in [0.25, 0.3) is 0 Å². The number of hydrogen-bond donors (Lipinski definition) is 1. The van der Waals surface area contributed by atoms with Gasteiger partial charge in [-0.05, 0) is 13.0 Å². The van der Waals surface area contributed by atoms with E-state index in [0.717, 1.165) is 57.3 Å². The summed E-state index contributed by atoms with van der Waals surface area (Å²) in [5, 5.41) is 9.06. The van der Waals surface area contributed by atoms with Crippen molar-refractivity contribution in [3.8, 4) is 0 Å². The molecule has 1 aliphatic heterocycles. The number of aliphatic hydroxyl groups excluding tert-OH is 1. The first-order valence-corrected chi connectivity index (χ1v) is 7.30. The Morgan fingerprint density at radius 3 is 2.55 bits per heavy atom. The normalized spacial score (nSPS) is 15.8. The van der Waals surface area contributed by atoms with E-state index in [2.05, 4.69) is 26.7 Å². The van der Waals surface area contributed by atoms with E-state index in [9.17, 15) is 0 Å². The molecule has 1 N–H and O–H groups in total. The lowest BCUT2D eigenvalue weighted by atomic mass is 10.3. The molecule has 6 heteroatoms. The highest BCUT2D eigenvalue weighted by molar-refractivity contribution is 5.30. The van der Waals surface area contributed by atoms with Crippen LogP contribution in [0.3, 0.4) is 0 Å². The van der Waals surface area contributed by atoms with Crippen LogP contribution in [0.5, 0.6) is 0 Å². The maximum atomic E-state index is 9.06. The Balaban J connectivity index is 1.92. The van der Waals surface area contributed by atoms with Gasteiger partial charge in [-0.15, -0.1) is 0 Å². The van der Waals surface area contributed by atoms with Crippen LogP contribution in [0.1, 0.15) is 18.9 Å². The molecule has 0 saturated carbocycles. The monoisotopic (exact) mass is 280 g/mol. The summed E-state index contributed by atoms with van der Waals surface area (Å²) in [6.07, 6.45) is 4.85. The van der Waals surface area contributed by atoms with Gasteiger partial charge in [0, 0.05) is 44.1 Å². The zero-order valence-electron chi connectivity index (χ0n) is 12.2. The predicted octanol–water partition coefficient (Wildman–Crippen LogP) is 0.518. The summed E-state index contributed by atoms with van der Waals surface area (Å²) in [7, 11) is 0. The van der Waals surface area contributed by atoms with Crippen molar-refractivity contribution in [1.82, 2.24) is 14.9 Å². The number of rotatable bonds is 7. The van der Waals surface area contributed by atoms with Gasteiger partial charge in [0.2, 0.25) is 5.95 Å². The van der Waals surface area contributed by atoms with Crippen molar-refractivity contribution in [2.45, 2.75) is 19.9 Å². The third-order valence-corrected chi connectivity index (χ3v) is 3.35. The number of ether oxygens (including phenoxy) is 1. The lowest BCUT2D eigenvalue weighted by molar-refractivity contribution is 0.122. The molecule has 0 amide bonds. The second-order valence-corrected chi connectivity index (χ2v) is 4.99. The van der Waals surface area contributed by atoms with Gasteiger partial charge in [0.15, 0.2) is 0 Å². The van der Waals surface area contributed by atoms with E-state index in [0.29, 0.717) is 6.54 Å². The summed E-state index contributed by atoms with van der Waals surface area (Å²) in [6, 6.07) is 0. The topological polar surface area (TPSA) is 61.7 Å². The fourth-order valence-electron chi connectivity index (χ4n) is 2.34. The van der Waals surface area contributed by atoms with E-state index in [1.54, 1.807) is 0 Å². The van der Waals surface area contributed by atoms with Gasteiger partial charge in [-0.2, -0.15) is 0 Å². The van der Waals surface area contributed by atoms with Gasteiger partial charge in [0.1, 0.15) is 0 Å². The van der Waals surface area contributed by atoms with Crippen LogP contribution in [-0.4, -0.2) is 66.0 Å². The molecule has 0 atom stereocenters. The highest BCUT2D eigenvalue weighted by Gasteiger charge is 2.13. The summed E-state index contributed by atoms with van der Waals surface area (Å²) in [5.41, 5.74) is 1.09. The molecule has 0 bridgehead atoms. The second kappa shape index (κ2) is 8.14. The molecule has 6 nitrogen and oxygen atoms in total. The summed E-state index contributed by atoms with van der Waals surface area (Å²) >= 11 is 0. The molecular formula is C14H24N4O2. The smallest absolute Gasteiger partial charge is 0.225 e. The maximum Gasteiger partial charge on any atom is 0.225 e. The molecule has 20 heavy (non-hydrogen) atoms. The molecule has 0 unspecified atom stereocenters. The Bertz CT molecular complexity index is 373. The number of nitrogens with zero attached hydrogens (tertiary/aromatic N) is 4. The number of anilines is 1. The molecule has 1 aromatic rings. The highest BCUT2D eigenvalue weighted by Crippen LogP contribution is 2.10. The van der Waals surface area contributed by atoms with Gasteiger partial charge in [0.05, 0.1) is 19.8 Å². The molecular weight excluding hydrogens is 256 g/mol. The SMILES string of the molecule is CCCN(CCO)Cc1cnc(N2CCOCC2)nc1. The van der Waals surface area contributed by atoms with Crippen molar-refractivity contribution < 1.29 is 9.84 Å². The first-order valence-electron chi connectivity index (χ1n) is 7.30. The molecule has 1 fully saturated rings. The Morgan fingerprint density at radius 1 is 1.25 bits per heavy atom. The molecule has 1 aliphatic rings. The molecule has 112 valence electrons. The van der Waals surface area contributed by atoms with E-state index in [1.807, 2.05) is 12.4 Å². The summed E-state index contributed by atoms with van der Waals surface area (Å²) in [6.45, 7) is 7.98. The minimum absolute atomic E-state index is 0.187. The van der Waals surface area contributed by atoms with E-state index in [-0.39, 0.29) is 6.61 Å². The van der Waals surface area contributed by atoms with Crippen molar-refractivity contribution in [3.63, 3.8) is 0 Å². The molecule has 0 aromatic carbocycles. The minimum Gasteiger partial charge on any atom is -0.395 e. The van der Waals surface area contributed by atoms with Gasteiger partial charge in [-0.1, -0.05) is 6.92 Å². The first-order chi connectivity index (χ1) is 9.83. The van der Waals surface area contributed by atoms with Crippen LogP contribution in [0, 0.1) is 0 Å². The second-order valence-electron chi connectivity index (χ2n) is 4.99. The standard InChI is InChI=1S/C14H24N4O2/c1-2-3-17(4-7-19)12-13-10-15-14(16-11-13)18-5-8-20-9-6-18/h10-11,19H,2-9,12H2,1H3. The van der Waals surface area contributed by atoms with Crippen LogP contribution in [0.15, 0.2) is 12.4 Å². The Kier molecular flexibility index (Phi) is 6.17. The van der Waals surface area contributed by atoms with Crippen molar-refractivity contribution in [3.05, 3.63) is 18.0 Å². The van der Waals surface area contributed by atoms with Crippen LogP contribution < -0.4 is 4.90 Å². The Hall–Kier alpha value is -1.24. The van der Waals surface area contributed by atoms with E-state index in [4.69, 9.17) is 9.84 Å². The number of hydrogen-bond acceptors (Lipinski definition) is 6. The summed E-state index contributed by atoms with van der Waals surface area (Å²) < 4.78 is 5.32. The van der Waals surface area contributed by atoms with Gasteiger partial charge in [-0.25, -0.2) is 9.97 Å². The van der Waals surface area contributed by atoms with Gasteiger partial charge >= 0.3 is 0 Å². The van der Waals surface area contributed by atoms with Crippen molar-refractivity contribution in [2.75, 3.05) is 50.9 Å². The number of morpholine rings is 1. The fraction of sp³-hybridized carbons (Fsp3) is 0.714. The summed E-state index contributed by atoms with van der Waals surface area (Å²) in [4.78, 5) is 13.3. The van der Waals surface area contributed by atoms with Crippen LogP contribution in [-0.2, 0) is 11.3 Å². The van der Waals surface area contributed by atoms with E-state index >= 15 is 0 Å². The Labute approximate surface area is 120 Å². The van der Waals surface area contributed by atoms with Crippen molar-refractivity contribution in [2.24, 2.45) is 0 Å².